The van der Waals surface area contributed by atoms with Crippen LogP contribution in [0.4, 0.5) is 0 Å². The maximum atomic E-state index is 12.3. The second-order valence-corrected chi connectivity index (χ2v) is 5.48. The minimum absolute atomic E-state index is 0.0764. The van der Waals surface area contributed by atoms with Crippen LogP contribution < -0.4 is 4.74 Å². The average molecular weight is 317 g/mol. The van der Waals surface area contributed by atoms with Gasteiger partial charge in [0.25, 0.3) is 0 Å². The molecule has 1 heterocycles. The van der Waals surface area contributed by atoms with Crippen molar-refractivity contribution in [2.45, 2.75) is 19.8 Å². The molecule has 0 radical (unpaired) electrons. The smallest absolute Gasteiger partial charge is 0.310 e. The quantitative estimate of drug-likeness (QED) is 0.618. The van der Waals surface area contributed by atoms with Gasteiger partial charge >= 0.3 is 5.97 Å². The maximum Gasteiger partial charge on any atom is 0.310 e. The monoisotopic (exact) mass is 317 g/mol. The molecule has 1 aliphatic heterocycles. The van der Waals surface area contributed by atoms with Crippen LogP contribution >= 0.6 is 0 Å². The van der Waals surface area contributed by atoms with E-state index in [1.807, 2.05) is 31.2 Å². The number of rotatable bonds is 5. The molecule has 0 aliphatic carbocycles. The van der Waals surface area contributed by atoms with Gasteiger partial charge in [0.05, 0.1) is 19.6 Å². The Morgan fingerprint density at radius 2 is 2.04 bits per heavy atom. The summed E-state index contributed by atoms with van der Waals surface area (Å²) < 4.78 is 10.2. The Balaban J connectivity index is 1.93. The molecule has 1 saturated heterocycles. The summed E-state index contributed by atoms with van der Waals surface area (Å²) in [7, 11) is 1.38. The van der Waals surface area contributed by atoms with E-state index in [0.717, 1.165) is 24.2 Å². The van der Waals surface area contributed by atoms with Crippen molar-refractivity contribution in [2.24, 2.45) is 5.92 Å². The zero-order valence-electron chi connectivity index (χ0n) is 13.7. The molecule has 0 aromatic heterocycles. The topological polar surface area (TPSA) is 55.8 Å². The molecule has 2 rings (SSSR count). The lowest BCUT2D eigenvalue weighted by atomic mass is 9.98. The molecule has 0 bridgehead atoms. The molecule has 0 spiro atoms. The largest absolute Gasteiger partial charge is 0.494 e. The number of hydrogen-bond acceptors (Lipinski definition) is 4. The Kier molecular flexibility index (Phi) is 6.20. The zero-order valence-corrected chi connectivity index (χ0v) is 13.7. The summed E-state index contributed by atoms with van der Waals surface area (Å²) in [6.07, 6.45) is 4.93. The SMILES string of the molecule is CCOc1ccc(/C=C/C(=O)N2CCCC(C(=O)OC)C2)cc1. The Labute approximate surface area is 136 Å². The molecule has 1 aromatic carbocycles. The zero-order chi connectivity index (χ0) is 16.7. The molecule has 23 heavy (non-hydrogen) atoms. The molecule has 0 N–H and O–H groups in total. The highest BCUT2D eigenvalue weighted by atomic mass is 16.5. The van der Waals surface area contributed by atoms with E-state index in [4.69, 9.17) is 9.47 Å². The van der Waals surface area contributed by atoms with Crippen molar-refractivity contribution in [3.63, 3.8) is 0 Å². The predicted molar refractivity (Wildman–Crippen MR) is 88.0 cm³/mol. The molecule has 1 aliphatic rings. The number of esters is 1. The number of carbonyl (C=O) groups is 2. The standard InChI is InChI=1S/C18H23NO4/c1-3-23-16-9-6-14(7-10-16)8-11-17(20)19-12-4-5-15(13-19)18(21)22-2/h6-11,15H,3-5,12-13H2,1-2H3/b11-8+. The van der Waals surface area contributed by atoms with Crippen LogP contribution in [0, 0.1) is 5.92 Å². The number of amides is 1. The van der Waals surface area contributed by atoms with Gasteiger partial charge in [-0.15, -0.1) is 0 Å². The first-order valence-electron chi connectivity index (χ1n) is 7.91. The third-order valence-electron chi connectivity index (χ3n) is 3.88. The number of nitrogens with zero attached hydrogens (tertiary/aromatic N) is 1. The molecule has 1 amide bonds. The number of hydrogen-bond donors (Lipinski definition) is 0. The van der Waals surface area contributed by atoms with E-state index >= 15 is 0 Å². The van der Waals surface area contributed by atoms with Gasteiger partial charge in [-0.25, -0.2) is 0 Å². The summed E-state index contributed by atoms with van der Waals surface area (Å²) in [5, 5.41) is 0. The Morgan fingerprint density at radius 1 is 1.30 bits per heavy atom. The van der Waals surface area contributed by atoms with Crippen molar-refractivity contribution in [2.75, 3.05) is 26.8 Å². The minimum atomic E-state index is -0.238. The lowest BCUT2D eigenvalue weighted by Gasteiger charge is -2.30. The molecular weight excluding hydrogens is 294 g/mol. The van der Waals surface area contributed by atoms with E-state index in [0.29, 0.717) is 19.7 Å². The fourth-order valence-corrected chi connectivity index (χ4v) is 2.65. The number of carbonyl (C=O) groups excluding carboxylic acids is 2. The lowest BCUT2D eigenvalue weighted by Crippen LogP contribution is -2.41. The minimum Gasteiger partial charge on any atom is -0.494 e. The summed E-state index contributed by atoms with van der Waals surface area (Å²) in [6.45, 7) is 3.68. The van der Waals surface area contributed by atoms with Crippen LogP contribution in [0.3, 0.4) is 0 Å². The number of benzene rings is 1. The molecule has 5 nitrogen and oxygen atoms in total. The third-order valence-corrected chi connectivity index (χ3v) is 3.88. The molecule has 1 fully saturated rings. The van der Waals surface area contributed by atoms with Crippen LogP contribution in [-0.2, 0) is 14.3 Å². The molecule has 124 valence electrons. The van der Waals surface area contributed by atoms with Crippen LogP contribution in [0.2, 0.25) is 0 Å². The molecule has 1 aromatic rings. The normalized spacial score (nSPS) is 18.0. The second-order valence-electron chi connectivity index (χ2n) is 5.48. The second kappa shape index (κ2) is 8.36. The maximum absolute atomic E-state index is 12.3. The number of piperidine rings is 1. The molecular formula is C18H23NO4. The first-order valence-corrected chi connectivity index (χ1v) is 7.91. The fourth-order valence-electron chi connectivity index (χ4n) is 2.65. The number of methoxy groups -OCH3 is 1. The van der Waals surface area contributed by atoms with Gasteiger partial charge in [0, 0.05) is 19.2 Å². The van der Waals surface area contributed by atoms with Crippen LogP contribution in [-0.4, -0.2) is 43.6 Å². The number of ether oxygens (including phenoxy) is 2. The fraction of sp³-hybridized carbons (Fsp3) is 0.444. The van der Waals surface area contributed by atoms with E-state index in [-0.39, 0.29) is 17.8 Å². The lowest BCUT2D eigenvalue weighted by molar-refractivity contribution is -0.148. The van der Waals surface area contributed by atoms with E-state index < -0.39 is 0 Å². The van der Waals surface area contributed by atoms with E-state index in [2.05, 4.69) is 0 Å². The Bertz CT molecular complexity index is 565. The summed E-state index contributed by atoms with van der Waals surface area (Å²) in [4.78, 5) is 25.6. The molecule has 5 heteroatoms. The van der Waals surface area contributed by atoms with Gasteiger partial charge < -0.3 is 14.4 Å². The van der Waals surface area contributed by atoms with Crippen molar-refractivity contribution in [1.82, 2.24) is 4.90 Å². The van der Waals surface area contributed by atoms with Crippen LogP contribution in [0.15, 0.2) is 30.3 Å². The highest BCUT2D eigenvalue weighted by molar-refractivity contribution is 5.92. The van der Waals surface area contributed by atoms with Crippen LogP contribution in [0.1, 0.15) is 25.3 Å². The summed E-state index contributed by atoms with van der Waals surface area (Å²) in [5.41, 5.74) is 0.934. The van der Waals surface area contributed by atoms with Gasteiger partial charge in [-0.2, -0.15) is 0 Å². The first-order chi connectivity index (χ1) is 11.1. The van der Waals surface area contributed by atoms with E-state index in [9.17, 15) is 9.59 Å². The van der Waals surface area contributed by atoms with Gasteiger partial charge in [-0.1, -0.05) is 12.1 Å². The van der Waals surface area contributed by atoms with Crippen molar-refractivity contribution in [3.05, 3.63) is 35.9 Å². The number of likely N-dealkylation sites (tertiary alicyclic amines) is 1. The average Bonchev–Trinajstić information content (AvgIpc) is 2.60. The van der Waals surface area contributed by atoms with Crippen molar-refractivity contribution >= 4 is 18.0 Å². The molecule has 0 saturated carbocycles. The van der Waals surface area contributed by atoms with Gasteiger partial charge in [0.1, 0.15) is 5.75 Å². The van der Waals surface area contributed by atoms with E-state index in [1.165, 1.54) is 7.11 Å². The molecule has 1 unspecified atom stereocenters. The molecule has 1 atom stereocenters. The van der Waals surface area contributed by atoms with Crippen molar-refractivity contribution < 1.29 is 19.1 Å². The van der Waals surface area contributed by atoms with Crippen molar-refractivity contribution in [1.29, 1.82) is 0 Å². The van der Waals surface area contributed by atoms with Gasteiger partial charge in [-0.3, -0.25) is 9.59 Å². The van der Waals surface area contributed by atoms with Crippen LogP contribution in [0.5, 0.6) is 5.75 Å². The van der Waals surface area contributed by atoms with Gasteiger partial charge in [0.2, 0.25) is 5.91 Å². The van der Waals surface area contributed by atoms with Gasteiger partial charge in [0.15, 0.2) is 0 Å². The first kappa shape index (κ1) is 17.1. The Hall–Kier alpha value is -2.30. The highest BCUT2D eigenvalue weighted by Crippen LogP contribution is 2.18. The third kappa shape index (κ3) is 4.84. The summed E-state index contributed by atoms with van der Waals surface area (Å²) in [6, 6.07) is 7.56. The Morgan fingerprint density at radius 3 is 2.70 bits per heavy atom. The summed E-state index contributed by atoms with van der Waals surface area (Å²) >= 11 is 0. The predicted octanol–water partition coefficient (Wildman–Crippen LogP) is 2.51. The van der Waals surface area contributed by atoms with Crippen LogP contribution in [0.25, 0.3) is 6.08 Å². The van der Waals surface area contributed by atoms with Gasteiger partial charge in [-0.05, 0) is 43.5 Å². The highest BCUT2D eigenvalue weighted by Gasteiger charge is 2.28. The van der Waals surface area contributed by atoms with Crippen molar-refractivity contribution in [3.8, 4) is 5.75 Å². The summed E-state index contributed by atoms with van der Waals surface area (Å²) in [5.74, 6) is 0.287. The van der Waals surface area contributed by atoms with E-state index in [1.54, 1.807) is 17.1 Å².